The minimum absolute atomic E-state index is 0.0204. The third-order valence-electron chi connectivity index (χ3n) is 5.52. The molecule has 1 aliphatic rings. The molecule has 0 radical (unpaired) electrons. The van der Waals surface area contributed by atoms with Crippen LogP contribution in [0.2, 0.25) is 0 Å². The first kappa shape index (κ1) is 22.3. The molecule has 7 nitrogen and oxygen atoms in total. The van der Waals surface area contributed by atoms with Gasteiger partial charge in [0, 0.05) is 24.9 Å². The van der Waals surface area contributed by atoms with Crippen molar-refractivity contribution in [2.24, 2.45) is 5.92 Å². The number of carboxylic acid groups (broad SMARTS) is 1. The summed E-state index contributed by atoms with van der Waals surface area (Å²) in [6, 6.07) is 15.8. The van der Waals surface area contributed by atoms with Gasteiger partial charge in [-0.2, -0.15) is 0 Å². The van der Waals surface area contributed by atoms with Crippen LogP contribution < -0.4 is 10.6 Å². The van der Waals surface area contributed by atoms with Gasteiger partial charge in [-0.15, -0.1) is 0 Å². The molecule has 3 N–H and O–H groups in total. The van der Waals surface area contributed by atoms with Crippen LogP contribution in [0.15, 0.2) is 48.5 Å². The average Bonchev–Trinajstić information content (AvgIpc) is 3.05. The predicted molar refractivity (Wildman–Crippen MR) is 117 cm³/mol. The lowest BCUT2D eigenvalue weighted by Gasteiger charge is -2.17. The zero-order valence-corrected chi connectivity index (χ0v) is 17.8. The highest BCUT2D eigenvalue weighted by molar-refractivity contribution is 5.79. The fourth-order valence-electron chi connectivity index (χ4n) is 3.79. The minimum atomic E-state index is -0.889. The SMILES string of the molecule is CC(CCNC(=O)C[C@@H](C)NC(=O)OCC1c2ccccc2-c2ccccc21)C(=O)O. The predicted octanol–water partition coefficient (Wildman–Crippen LogP) is 3.53. The molecular formula is C24H28N2O5. The number of ether oxygens (including phenoxy) is 1. The molecule has 31 heavy (non-hydrogen) atoms. The van der Waals surface area contributed by atoms with Crippen molar-refractivity contribution < 1.29 is 24.2 Å². The highest BCUT2D eigenvalue weighted by Gasteiger charge is 2.29. The molecule has 1 unspecified atom stereocenters. The third kappa shape index (κ3) is 5.63. The monoisotopic (exact) mass is 424 g/mol. The maximum absolute atomic E-state index is 12.3. The summed E-state index contributed by atoms with van der Waals surface area (Å²) in [4.78, 5) is 35.0. The third-order valence-corrected chi connectivity index (χ3v) is 5.52. The number of benzene rings is 2. The van der Waals surface area contributed by atoms with Crippen molar-refractivity contribution in [3.63, 3.8) is 0 Å². The van der Waals surface area contributed by atoms with Gasteiger partial charge in [0.1, 0.15) is 6.61 Å². The Morgan fingerprint density at radius 3 is 2.16 bits per heavy atom. The van der Waals surface area contributed by atoms with Gasteiger partial charge >= 0.3 is 12.1 Å². The van der Waals surface area contributed by atoms with Crippen molar-refractivity contribution in [3.8, 4) is 11.1 Å². The zero-order valence-electron chi connectivity index (χ0n) is 17.8. The molecule has 7 heteroatoms. The topological polar surface area (TPSA) is 105 Å². The number of amides is 2. The molecule has 2 aromatic rings. The van der Waals surface area contributed by atoms with Crippen molar-refractivity contribution >= 4 is 18.0 Å². The molecule has 0 aliphatic heterocycles. The van der Waals surface area contributed by atoms with Gasteiger partial charge in [-0.3, -0.25) is 9.59 Å². The lowest BCUT2D eigenvalue weighted by atomic mass is 9.98. The van der Waals surface area contributed by atoms with E-state index in [1.165, 1.54) is 0 Å². The van der Waals surface area contributed by atoms with Gasteiger partial charge in [-0.05, 0) is 35.6 Å². The molecule has 0 fully saturated rings. The largest absolute Gasteiger partial charge is 0.481 e. The second-order valence-corrected chi connectivity index (χ2v) is 7.95. The molecule has 0 aromatic heterocycles. The first-order valence-electron chi connectivity index (χ1n) is 10.5. The Morgan fingerprint density at radius 2 is 1.58 bits per heavy atom. The van der Waals surface area contributed by atoms with Crippen LogP contribution in [-0.2, 0) is 14.3 Å². The number of carbonyl (C=O) groups excluding carboxylic acids is 2. The maximum Gasteiger partial charge on any atom is 0.407 e. The fourth-order valence-corrected chi connectivity index (χ4v) is 3.79. The van der Waals surface area contributed by atoms with Gasteiger partial charge in [-0.25, -0.2) is 4.79 Å². The molecule has 0 bridgehead atoms. The van der Waals surface area contributed by atoms with Crippen LogP contribution in [-0.4, -0.2) is 42.3 Å². The number of carboxylic acids is 1. The van der Waals surface area contributed by atoms with E-state index in [1.807, 2.05) is 24.3 Å². The zero-order chi connectivity index (χ0) is 22.4. The Balaban J connectivity index is 1.46. The number of rotatable bonds is 9. The van der Waals surface area contributed by atoms with Crippen molar-refractivity contribution in [3.05, 3.63) is 59.7 Å². The summed E-state index contributed by atoms with van der Waals surface area (Å²) >= 11 is 0. The molecule has 0 heterocycles. The maximum atomic E-state index is 12.3. The summed E-state index contributed by atoms with van der Waals surface area (Å²) in [5.74, 6) is -1.67. The average molecular weight is 424 g/mol. The molecule has 1 aliphatic carbocycles. The van der Waals surface area contributed by atoms with Gasteiger partial charge in [0.15, 0.2) is 0 Å². The molecule has 0 spiro atoms. The summed E-state index contributed by atoms with van der Waals surface area (Å²) in [7, 11) is 0. The van der Waals surface area contributed by atoms with E-state index in [0.717, 1.165) is 22.3 Å². The molecule has 2 aromatic carbocycles. The van der Waals surface area contributed by atoms with E-state index >= 15 is 0 Å². The molecule has 2 amide bonds. The number of hydrogen-bond acceptors (Lipinski definition) is 4. The number of nitrogens with one attached hydrogen (secondary N) is 2. The highest BCUT2D eigenvalue weighted by atomic mass is 16.5. The van der Waals surface area contributed by atoms with Crippen molar-refractivity contribution in [2.45, 2.75) is 38.6 Å². The van der Waals surface area contributed by atoms with E-state index in [1.54, 1.807) is 13.8 Å². The molecule has 2 atom stereocenters. The van der Waals surface area contributed by atoms with Crippen LogP contribution in [0.3, 0.4) is 0 Å². The van der Waals surface area contributed by atoms with Crippen LogP contribution in [0.4, 0.5) is 4.79 Å². The Labute approximate surface area is 181 Å². The Morgan fingerprint density at radius 1 is 1.00 bits per heavy atom. The second-order valence-electron chi connectivity index (χ2n) is 7.95. The van der Waals surface area contributed by atoms with Gasteiger partial charge in [0.25, 0.3) is 0 Å². The van der Waals surface area contributed by atoms with Gasteiger partial charge in [0.05, 0.1) is 5.92 Å². The van der Waals surface area contributed by atoms with Crippen molar-refractivity contribution in [2.75, 3.05) is 13.2 Å². The van der Waals surface area contributed by atoms with Crippen molar-refractivity contribution in [1.29, 1.82) is 0 Å². The van der Waals surface area contributed by atoms with Crippen LogP contribution in [0.25, 0.3) is 11.1 Å². The first-order chi connectivity index (χ1) is 14.9. The van der Waals surface area contributed by atoms with Crippen LogP contribution in [0.1, 0.15) is 43.7 Å². The number of aliphatic carboxylic acids is 1. The van der Waals surface area contributed by atoms with E-state index < -0.39 is 24.0 Å². The van der Waals surface area contributed by atoms with Crippen molar-refractivity contribution in [1.82, 2.24) is 10.6 Å². The number of fused-ring (bicyclic) bond motifs is 3. The van der Waals surface area contributed by atoms with Gasteiger partial charge < -0.3 is 20.5 Å². The lowest BCUT2D eigenvalue weighted by molar-refractivity contribution is -0.141. The Bertz CT molecular complexity index is 913. The smallest absolute Gasteiger partial charge is 0.407 e. The molecular weight excluding hydrogens is 396 g/mol. The van der Waals surface area contributed by atoms with Gasteiger partial charge in [0.2, 0.25) is 5.91 Å². The van der Waals surface area contributed by atoms with E-state index in [9.17, 15) is 14.4 Å². The van der Waals surface area contributed by atoms with E-state index in [-0.39, 0.29) is 31.4 Å². The standard InChI is InChI=1S/C24H28N2O5/c1-15(23(28)29)11-12-25-22(27)13-16(2)26-24(30)31-14-21-19-9-5-3-7-17(19)18-8-4-6-10-20(18)21/h3-10,15-16,21H,11-14H2,1-2H3,(H,25,27)(H,26,30)(H,28,29)/t15?,16-/m1/s1. The lowest BCUT2D eigenvalue weighted by Crippen LogP contribution is -2.38. The quantitative estimate of drug-likeness (QED) is 0.571. The molecule has 0 saturated heterocycles. The normalized spacial score (nSPS) is 14.1. The minimum Gasteiger partial charge on any atom is -0.481 e. The molecule has 164 valence electrons. The van der Waals surface area contributed by atoms with E-state index in [2.05, 4.69) is 34.9 Å². The van der Waals surface area contributed by atoms with Crippen LogP contribution in [0, 0.1) is 5.92 Å². The summed E-state index contributed by atoms with van der Waals surface area (Å²) in [5.41, 5.74) is 4.60. The van der Waals surface area contributed by atoms with Gasteiger partial charge in [-0.1, -0.05) is 55.5 Å². The second kappa shape index (κ2) is 10.1. The number of carbonyl (C=O) groups is 3. The highest BCUT2D eigenvalue weighted by Crippen LogP contribution is 2.44. The summed E-state index contributed by atoms with van der Waals surface area (Å²) in [6.07, 6.45) is -0.123. The Hall–Kier alpha value is -3.35. The molecule has 0 saturated carbocycles. The fraction of sp³-hybridized carbons (Fsp3) is 0.375. The number of hydrogen-bond donors (Lipinski definition) is 3. The van der Waals surface area contributed by atoms with Crippen LogP contribution in [0.5, 0.6) is 0 Å². The Kier molecular flexibility index (Phi) is 7.28. The first-order valence-corrected chi connectivity index (χ1v) is 10.5. The summed E-state index contributed by atoms with van der Waals surface area (Å²) < 4.78 is 5.48. The van der Waals surface area contributed by atoms with Crippen LogP contribution >= 0.6 is 0 Å². The molecule has 3 rings (SSSR count). The summed E-state index contributed by atoms with van der Waals surface area (Å²) in [5, 5.41) is 14.2. The van der Waals surface area contributed by atoms with E-state index in [0.29, 0.717) is 6.42 Å². The summed E-state index contributed by atoms with van der Waals surface area (Å²) in [6.45, 7) is 3.81. The number of alkyl carbamates (subject to hydrolysis) is 1. The van der Waals surface area contributed by atoms with E-state index in [4.69, 9.17) is 9.84 Å².